The van der Waals surface area contributed by atoms with E-state index < -0.39 is 0 Å². The number of nitrogens with zero attached hydrogens (tertiary/aromatic N) is 3. The highest BCUT2D eigenvalue weighted by Crippen LogP contribution is 2.34. The van der Waals surface area contributed by atoms with Crippen LogP contribution in [0.4, 0.5) is 23.0 Å². The molecule has 0 spiro atoms. The fourth-order valence-electron chi connectivity index (χ4n) is 3.74. The summed E-state index contributed by atoms with van der Waals surface area (Å²) in [6.45, 7) is 4.48. The quantitative estimate of drug-likeness (QED) is 0.229. The van der Waals surface area contributed by atoms with Gasteiger partial charge in [-0.05, 0) is 75.5 Å². The Hall–Kier alpha value is -4.24. The minimum atomic E-state index is -0.288. The second kappa shape index (κ2) is 12.5. The molecule has 1 aromatic heterocycles. The molecule has 36 heavy (non-hydrogen) atoms. The van der Waals surface area contributed by atoms with Crippen LogP contribution >= 0.6 is 0 Å². The van der Waals surface area contributed by atoms with Gasteiger partial charge in [0, 0.05) is 24.6 Å². The molecule has 1 heterocycles. The Labute approximate surface area is 212 Å². The Morgan fingerprint density at radius 2 is 1.94 bits per heavy atom. The average molecular weight is 489 g/mol. The molecule has 9 heteroatoms. The molecular formula is C27H34N7O2+. The topological polar surface area (TPSA) is 117 Å². The zero-order chi connectivity index (χ0) is 26.1. The number of carbonyl (C=O) groups excluding carboxylic acids is 1. The van der Waals surface area contributed by atoms with Gasteiger partial charge in [0.2, 0.25) is 17.6 Å². The van der Waals surface area contributed by atoms with Crippen LogP contribution in [0.25, 0.3) is 0 Å². The molecule has 0 atom stereocenters. The summed E-state index contributed by atoms with van der Waals surface area (Å²) in [4.78, 5) is 23.2. The fourth-order valence-corrected chi connectivity index (χ4v) is 3.74. The third kappa shape index (κ3) is 6.67. The van der Waals surface area contributed by atoms with E-state index in [1.165, 1.54) is 6.08 Å². The van der Waals surface area contributed by atoms with E-state index in [0.717, 1.165) is 36.2 Å². The lowest BCUT2D eigenvalue weighted by Crippen LogP contribution is -2.42. The first-order valence-corrected chi connectivity index (χ1v) is 11.6. The van der Waals surface area contributed by atoms with E-state index >= 15 is 0 Å². The Morgan fingerprint density at radius 1 is 1.17 bits per heavy atom. The molecule has 0 aliphatic heterocycles. The fraction of sp³-hybridized carbons (Fsp3) is 0.259. The number of aryl methyl sites for hydroxylation is 1. The number of hydrogen-bond acceptors (Lipinski definition) is 7. The van der Waals surface area contributed by atoms with Gasteiger partial charge < -0.3 is 25.6 Å². The number of methoxy groups -OCH3 is 1. The molecule has 0 fully saturated rings. The van der Waals surface area contributed by atoms with Gasteiger partial charge in [0.25, 0.3) is 0 Å². The highest BCUT2D eigenvalue weighted by atomic mass is 16.5. The molecule has 3 aromatic rings. The molecule has 5 N–H and O–H groups in total. The van der Waals surface area contributed by atoms with Crippen LogP contribution in [0.3, 0.4) is 0 Å². The molecule has 3 rings (SSSR count). The molecule has 0 saturated heterocycles. The van der Waals surface area contributed by atoms with E-state index in [1.54, 1.807) is 19.4 Å². The second-order valence-electron chi connectivity index (χ2n) is 8.41. The maximum absolute atomic E-state index is 12.1. The first-order chi connectivity index (χ1) is 17.4. The van der Waals surface area contributed by atoms with Gasteiger partial charge in [-0.15, -0.1) is 0 Å². The number of para-hydroxylation sites is 1. The third-order valence-electron chi connectivity index (χ3n) is 5.58. The van der Waals surface area contributed by atoms with Crippen LogP contribution in [0.1, 0.15) is 23.2 Å². The van der Waals surface area contributed by atoms with Crippen molar-refractivity contribution in [3.63, 3.8) is 0 Å². The molecule has 0 bridgehead atoms. The smallest absolute Gasteiger partial charge is 0.247 e. The number of nitrogens with two attached hydrogens (primary N) is 1. The van der Waals surface area contributed by atoms with Crippen molar-refractivity contribution in [1.82, 2.24) is 14.9 Å². The summed E-state index contributed by atoms with van der Waals surface area (Å²) >= 11 is 0. The number of aromatic nitrogens is 2. The van der Waals surface area contributed by atoms with Gasteiger partial charge in [0.1, 0.15) is 11.4 Å². The van der Waals surface area contributed by atoms with Gasteiger partial charge >= 0.3 is 0 Å². The predicted octanol–water partition coefficient (Wildman–Crippen LogP) is 2.49. The Balaban J connectivity index is 1.93. The zero-order valence-electron chi connectivity index (χ0n) is 21.3. The molecule has 9 nitrogen and oxygen atoms in total. The molecule has 188 valence electrons. The summed E-state index contributed by atoms with van der Waals surface area (Å²) in [6.07, 6.45) is 4.58. The highest BCUT2D eigenvalue weighted by molar-refractivity contribution is 6.11. The van der Waals surface area contributed by atoms with Crippen LogP contribution in [0, 0.1) is 0 Å². The Morgan fingerprint density at radius 3 is 2.64 bits per heavy atom. The lowest BCUT2D eigenvalue weighted by atomic mass is 10.0. The lowest BCUT2D eigenvalue weighted by molar-refractivity contribution is -0.112. The zero-order valence-corrected chi connectivity index (χ0v) is 21.3. The second-order valence-corrected chi connectivity index (χ2v) is 8.41. The van der Waals surface area contributed by atoms with Crippen molar-refractivity contribution in [2.24, 2.45) is 0 Å². The van der Waals surface area contributed by atoms with E-state index in [4.69, 9.17) is 10.1 Å². The average Bonchev–Trinajstić information content (AvgIpc) is 2.89. The summed E-state index contributed by atoms with van der Waals surface area (Å²) in [5.74, 6) is 0.666. The van der Waals surface area contributed by atoms with Gasteiger partial charge in [-0.1, -0.05) is 18.7 Å². The monoisotopic (exact) mass is 488 g/mol. The van der Waals surface area contributed by atoms with Gasteiger partial charge in [0.05, 0.1) is 18.4 Å². The van der Waals surface area contributed by atoms with E-state index in [-0.39, 0.29) is 5.91 Å². The summed E-state index contributed by atoms with van der Waals surface area (Å²) in [6, 6.07) is 13.3. The summed E-state index contributed by atoms with van der Waals surface area (Å²) < 4.78 is 5.65. The maximum Gasteiger partial charge on any atom is 0.247 e. The van der Waals surface area contributed by atoms with Crippen molar-refractivity contribution in [1.29, 1.82) is 0 Å². The van der Waals surface area contributed by atoms with Gasteiger partial charge in [0.15, 0.2) is 0 Å². The molecule has 1 amide bonds. The number of nitrogens with one attached hydrogen (secondary N) is 3. The minimum Gasteiger partial charge on any atom is -0.495 e. The molecule has 0 radical (unpaired) electrons. The molecule has 0 aliphatic carbocycles. The van der Waals surface area contributed by atoms with Crippen molar-refractivity contribution in [2.45, 2.75) is 12.8 Å². The number of carbonyl (C=O) groups is 1. The van der Waals surface area contributed by atoms with Crippen molar-refractivity contribution in [3.8, 4) is 5.75 Å². The van der Waals surface area contributed by atoms with Crippen LogP contribution in [0.15, 0.2) is 61.3 Å². The summed E-state index contributed by atoms with van der Waals surface area (Å²) in [5.41, 5.74) is 5.09. The van der Waals surface area contributed by atoms with Crippen molar-refractivity contribution >= 4 is 34.6 Å². The number of benzene rings is 2. The largest absolute Gasteiger partial charge is 0.495 e. The van der Waals surface area contributed by atoms with Crippen LogP contribution in [0.5, 0.6) is 5.75 Å². The van der Waals surface area contributed by atoms with E-state index in [9.17, 15) is 4.79 Å². The maximum atomic E-state index is 12.1. The normalized spacial score (nSPS) is 10.6. The van der Waals surface area contributed by atoms with E-state index in [1.807, 2.05) is 57.5 Å². The number of anilines is 4. The van der Waals surface area contributed by atoms with Crippen molar-refractivity contribution < 1.29 is 14.9 Å². The van der Waals surface area contributed by atoms with Crippen LogP contribution in [-0.4, -0.2) is 61.3 Å². The number of amides is 1. The van der Waals surface area contributed by atoms with E-state index in [0.29, 0.717) is 34.5 Å². The highest BCUT2D eigenvalue weighted by Gasteiger charge is 2.18. The molecular weight excluding hydrogens is 454 g/mol. The molecule has 0 saturated carbocycles. The SMILES string of the molecule is C=CC(=O)Nc1cc(Nc2nccc(C(=[NH2+])c3ccccc3NC)n2)c(OC)cc1CCCN(C)C. The number of hydrogen-bond donors (Lipinski definition) is 4. The minimum absolute atomic E-state index is 0.288. The Kier molecular flexibility index (Phi) is 9.13. The van der Waals surface area contributed by atoms with Crippen LogP contribution < -0.4 is 26.1 Å². The summed E-state index contributed by atoms with van der Waals surface area (Å²) in [5, 5.41) is 15.7. The molecule has 0 unspecified atom stereocenters. The first-order valence-electron chi connectivity index (χ1n) is 11.6. The van der Waals surface area contributed by atoms with Crippen LogP contribution in [0.2, 0.25) is 0 Å². The number of rotatable bonds is 12. The molecule has 0 aliphatic rings. The van der Waals surface area contributed by atoms with Gasteiger partial charge in [-0.25, -0.2) is 9.97 Å². The Bertz CT molecular complexity index is 1240. The lowest BCUT2D eigenvalue weighted by Gasteiger charge is -2.17. The van der Waals surface area contributed by atoms with Gasteiger partial charge in [-0.2, -0.15) is 0 Å². The standard InChI is InChI=1S/C27H33N7O2/c1-6-25(35)31-22-17-23(24(36-5)16-18(22)10-9-15-34(3)4)33-27-30-14-13-21(32-27)26(28)19-11-7-8-12-20(19)29-2/h6-8,11-14,16-17,28-29H,1,9-10,15H2,2-5H3,(H,31,35)(H,30,32,33)/p+1. The summed E-state index contributed by atoms with van der Waals surface area (Å²) in [7, 11) is 7.51. The van der Waals surface area contributed by atoms with Crippen LogP contribution in [-0.2, 0) is 11.2 Å². The predicted molar refractivity (Wildman–Crippen MR) is 145 cm³/mol. The van der Waals surface area contributed by atoms with Crippen molar-refractivity contribution in [2.75, 3.05) is 50.7 Å². The number of ether oxygens (including phenoxy) is 1. The first kappa shape index (κ1) is 26.4. The van der Waals surface area contributed by atoms with Gasteiger partial charge in [-0.3, -0.25) is 10.2 Å². The molecule has 2 aromatic carbocycles. The van der Waals surface area contributed by atoms with E-state index in [2.05, 4.69) is 37.4 Å². The van der Waals surface area contributed by atoms with Crippen molar-refractivity contribution in [3.05, 3.63) is 78.1 Å². The third-order valence-corrected chi connectivity index (χ3v) is 5.58.